The number of alkyl halides is 6. The van der Waals surface area contributed by atoms with Crippen molar-refractivity contribution in [1.82, 2.24) is 0 Å². The summed E-state index contributed by atoms with van der Waals surface area (Å²) in [5.41, 5.74) is 29.1. The molecule has 292 valence electrons. The van der Waals surface area contributed by atoms with Gasteiger partial charge in [0.1, 0.15) is 0 Å². The Morgan fingerprint density at radius 2 is 0.583 bits per heavy atom. The number of hydrogen-bond donors (Lipinski definition) is 6. The van der Waals surface area contributed by atoms with Crippen molar-refractivity contribution in [3.63, 3.8) is 0 Å². The average molecular weight is 1220 g/mol. The SMILES string of the molecule is CC(=O)O.O=C(O)C(=O)O.O=C(O)C(Cl)Cl.O=C(O)C(Cl)Cl.O=C(O)C(Cl)Cl.[Cl][Pt+2][Cl].[NH-]C1CCC([NH-])CC1.[NH-]C1CCC([NH-])CC1.[Pt+2]. The van der Waals surface area contributed by atoms with Gasteiger partial charge in [-0.15, -0.1) is 24.2 Å². The molecule has 0 unspecified atom stereocenters. The van der Waals surface area contributed by atoms with E-state index < -0.39 is 66.8 Å². The van der Waals surface area contributed by atoms with Crippen molar-refractivity contribution in [1.29, 1.82) is 0 Å². The molecule has 0 saturated heterocycles. The van der Waals surface area contributed by atoms with Crippen molar-refractivity contribution in [2.45, 2.75) is 97.0 Å². The number of halogens is 8. The normalized spacial score (nSPS) is 18.6. The van der Waals surface area contributed by atoms with Crippen LogP contribution in [0.5, 0.6) is 0 Å². The van der Waals surface area contributed by atoms with Gasteiger partial charge in [0.15, 0.2) is 0 Å². The summed E-state index contributed by atoms with van der Waals surface area (Å²) in [4.78, 5) is 51.6. The van der Waals surface area contributed by atoms with Crippen LogP contribution in [0.15, 0.2) is 0 Å². The summed E-state index contributed by atoms with van der Waals surface area (Å²) >= 11 is 28.2. The molecule has 0 aliphatic heterocycles. The molecule has 0 aromatic carbocycles. The molecule has 2 saturated carbocycles. The maximum Gasteiger partial charge on any atom is 2.00 e. The van der Waals surface area contributed by atoms with E-state index in [9.17, 15) is 14.4 Å². The van der Waals surface area contributed by atoms with Gasteiger partial charge in [-0.05, 0) is 0 Å². The fourth-order valence-corrected chi connectivity index (χ4v) is 2.19. The zero-order chi connectivity index (χ0) is 38.9. The van der Waals surface area contributed by atoms with Crippen molar-refractivity contribution in [3.8, 4) is 0 Å². The predicted molar refractivity (Wildman–Crippen MR) is 179 cm³/mol. The summed E-state index contributed by atoms with van der Waals surface area (Å²) < 4.78 is 0. The summed E-state index contributed by atoms with van der Waals surface area (Å²) in [6, 6.07) is 0.599. The largest absolute Gasteiger partial charge is 2.00 e. The van der Waals surface area contributed by atoms with Gasteiger partial charge in [-0.25, -0.2) is 24.0 Å². The van der Waals surface area contributed by atoms with Crippen LogP contribution < -0.4 is 0 Å². The second kappa shape index (κ2) is 43.5. The van der Waals surface area contributed by atoms with Gasteiger partial charge in [-0.2, -0.15) is 0 Å². The maximum absolute atomic E-state index is 9.44. The second-order valence-corrected chi connectivity index (χ2v) is 14.8. The first-order valence-corrected chi connectivity index (χ1v) is 20.4. The van der Waals surface area contributed by atoms with Crippen LogP contribution in [0.25, 0.3) is 22.9 Å². The van der Waals surface area contributed by atoms with E-state index in [2.05, 4.69) is 0 Å². The number of carboxylic acids is 6. The Bertz CT molecular complexity index is 746. The predicted octanol–water partition coefficient (Wildman–Crippen LogP) is 8.05. The molecule has 2 aliphatic rings. The zero-order valence-electron chi connectivity index (χ0n) is 24.5. The summed E-state index contributed by atoms with van der Waals surface area (Å²) in [5.74, 6) is -8.11. The van der Waals surface area contributed by atoms with Gasteiger partial charge < -0.3 is 53.6 Å². The number of carboxylic acid groups (broad SMARTS) is 6. The minimum atomic E-state index is -1.82. The Labute approximate surface area is 338 Å². The van der Waals surface area contributed by atoms with Crippen LogP contribution in [0.4, 0.5) is 0 Å². The van der Waals surface area contributed by atoms with E-state index in [0.717, 1.165) is 58.3 Å². The quantitative estimate of drug-likeness (QED) is 0.115. The molecule has 48 heavy (non-hydrogen) atoms. The van der Waals surface area contributed by atoms with E-state index in [4.69, 9.17) is 156 Å². The van der Waals surface area contributed by atoms with Crippen molar-refractivity contribution < 1.29 is 97.0 Å². The Hall–Kier alpha value is 0.357. The molecule has 10 N–H and O–H groups in total. The minimum absolute atomic E-state index is 0. The topological polar surface area (TPSA) is 319 Å². The average Bonchev–Trinajstić information content (AvgIpc) is 2.93. The van der Waals surface area contributed by atoms with Crippen LogP contribution in [0.3, 0.4) is 0 Å². The van der Waals surface area contributed by atoms with E-state index in [1.54, 1.807) is 0 Å². The van der Waals surface area contributed by atoms with E-state index >= 15 is 0 Å². The molecule has 0 bridgehead atoms. The summed E-state index contributed by atoms with van der Waals surface area (Å²) in [5, 5.41) is 45.4. The first-order chi connectivity index (χ1) is 21.3. The molecular weight excluding hydrogens is 1190 g/mol. The third-order valence-corrected chi connectivity index (χ3v) is 5.32. The Kier molecular flexibility index (Phi) is 57.5. The number of hydrogen-bond acceptors (Lipinski definition) is 6. The van der Waals surface area contributed by atoms with Gasteiger partial charge in [-0.1, -0.05) is 121 Å². The van der Waals surface area contributed by atoms with Crippen molar-refractivity contribution in [3.05, 3.63) is 22.9 Å². The molecule has 0 amide bonds. The van der Waals surface area contributed by atoms with Crippen molar-refractivity contribution in [2.75, 3.05) is 0 Å². The molecule has 2 aliphatic carbocycles. The van der Waals surface area contributed by atoms with E-state index in [1.807, 2.05) is 0 Å². The van der Waals surface area contributed by atoms with Crippen molar-refractivity contribution in [2.24, 2.45) is 0 Å². The van der Waals surface area contributed by atoms with Gasteiger partial charge in [0.05, 0.1) is 0 Å². The van der Waals surface area contributed by atoms with Crippen LogP contribution in [-0.4, -0.2) is 105 Å². The summed E-state index contributed by atoms with van der Waals surface area (Å²) in [7, 11) is 9.75. The maximum atomic E-state index is 9.44. The third-order valence-electron chi connectivity index (χ3n) is 4.20. The molecule has 0 atom stereocenters. The van der Waals surface area contributed by atoms with Gasteiger partial charge in [0.2, 0.25) is 14.5 Å². The van der Waals surface area contributed by atoms with Crippen LogP contribution >= 0.6 is 88.4 Å². The molecule has 0 aromatic rings. The monoisotopic (exact) mass is 1220 g/mol. The van der Waals surface area contributed by atoms with Gasteiger partial charge in [0, 0.05) is 6.92 Å². The minimum Gasteiger partial charge on any atom is -0.675 e. The van der Waals surface area contributed by atoms with Crippen LogP contribution in [-0.2, 0) is 66.3 Å². The number of carbonyl (C=O) groups is 6. The molecule has 2 rings (SSSR count). The molecule has 0 spiro atoms. The molecule has 0 aromatic heterocycles. The number of rotatable bonds is 3. The van der Waals surface area contributed by atoms with Gasteiger partial charge >= 0.3 is 86.2 Å². The smallest absolute Gasteiger partial charge is 0.675 e. The zero-order valence-corrected chi connectivity index (χ0v) is 35.1. The van der Waals surface area contributed by atoms with E-state index in [-0.39, 0.29) is 45.2 Å². The molecule has 2 fully saturated rings. The van der Waals surface area contributed by atoms with E-state index in [0.29, 0.717) is 0 Å². The van der Waals surface area contributed by atoms with Crippen LogP contribution in [0, 0.1) is 0 Å². The molecule has 16 nitrogen and oxygen atoms in total. The standard InChI is InChI=1S/2C6H12N2.3C2H2Cl2O2.C2H2O4.C2H4O2.2ClH.2Pt/c2*7-5-1-2-6(8)4-3-5;4*3-1(4)2(5)6;1-2(3)4;;;;/h2*5-8H,1-4H2;3*1H,(H,5,6);(H,3,4)(H,5,6);1H3,(H,3,4);2*1H;;/q2*-2;;;;;;;;+2;+4/p-2. The first kappa shape index (κ1) is 63.4. The first-order valence-electron chi connectivity index (χ1n) is 12.2. The Morgan fingerprint density at radius 3 is 0.625 bits per heavy atom. The van der Waals surface area contributed by atoms with Crippen LogP contribution in [0.2, 0.25) is 0 Å². The third kappa shape index (κ3) is 72.1. The second-order valence-electron chi connectivity index (χ2n) is 8.19. The number of aliphatic carboxylic acids is 6. The van der Waals surface area contributed by atoms with Crippen molar-refractivity contribution >= 4 is 124 Å². The van der Waals surface area contributed by atoms with Gasteiger partial charge in [0.25, 0.3) is 5.97 Å². The van der Waals surface area contributed by atoms with Crippen LogP contribution in [0.1, 0.15) is 58.3 Å². The molecule has 0 heterocycles. The molecule has 0 radical (unpaired) electrons. The molecule has 26 heteroatoms. The Morgan fingerprint density at radius 1 is 0.500 bits per heavy atom. The molecular formula is C22H36Cl8N4O12Pt2. The van der Waals surface area contributed by atoms with E-state index in [1.165, 1.54) is 0 Å². The fraction of sp³-hybridized carbons (Fsp3) is 0.727. The number of nitrogens with one attached hydrogen (secondary N) is 4. The van der Waals surface area contributed by atoms with Gasteiger partial charge in [-0.3, -0.25) is 4.79 Å². The summed E-state index contributed by atoms with van der Waals surface area (Å²) in [6.45, 7) is 1.08. The fourth-order valence-electron chi connectivity index (χ4n) is 2.19. The Balaban J connectivity index is -0.0000000811. The summed E-state index contributed by atoms with van der Waals surface area (Å²) in [6.07, 6.45) is 7.62.